The average Bonchev–Trinajstić information content (AvgIpc) is 2.59. The first-order valence-electron chi connectivity index (χ1n) is 6.82. The summed E-state index contributed by atoms with van der Waals surface area (Å²) in [6.07, 6.45) is 4.58. The molecule has 0 aromatic heterocycles. The first-order chi connectivity index (χ1) is 8.24. The predicted octanol–water partition coefficient (Wildman–Crippen LogP) is 1.68. The van der Waals surface area contributed by atoms with Crippen LogP contribution in [0.25, 0.3) is 0 Å². The molecule has 18 heavy (non-hydrogen) atoms. The molecule has 0 aliphatic heterocycles. The molecule has 3 aliphatic rings. The zero-order valence-electron chi connectivity index (χ0n) is 11.4. The molecular formula is C15H22O3. The van der Waals surface area contributed by atoms with E-state index in [9.17, 15) is 15.0 Å². The number of aliphatic hydroxyl groups excluding tert-OH is 1. The van der Waals surface area contributed by atoms with E-state index in [0.29, 0.717) is 23.8 Å². The van der Waals surface area contributed by atoms with E-state index in [1.807, 2.05) is 13.0 Å². The molecule has 3 aliphatic carbocycles. The summed E-state index contributed by atoms with van der Waals surface area (Å²) in [5.74, 6) is 0.652. The molecule has 2 saturated carbocycles. The van der Waals surface area contributed by atoms with Crippen molar-refractivity contribution < 1.29 is 15.0 Å². The molecular weight excluding hydrogens is 228 g/mol. The summed E-state index contributed by atoms with van der Waals surface area (Å²) >= 11 is 0. The van der Waals surface area contributed by atoms with Gasteiger partial charge in [0.2, 0.25) is 0 Å². The van der Waals surface area contributed by atoms with E-state index < -0.39 is 5.60 Å². The highest BCUT2D eigenvalue weighted by Crippen LogP contribution is 2.66. The van der Waals surface area contributed by atoms with Crippen LogP contribution in [0.2, 0.25) is 0 Å². The molecule has 3 nitrogen and oxygen atoms in total. The maximum absolute atomic E-state index is 11.9. The Bertz CT molecular complexity index is 451. The van der Waals surface area contributed by atoms with Gasteiger partial charge in [-0.25, -0.2) is 0 Å². The van der Waals surface area contributed by atoms with Crippen LogP contribution < -0.4 is 0 Å². The van der Waals surface area contributed by atoms with Crippen LogP contribution in [0.15, 0.2) is 11.6 Å². The molecule has 0 aromatic carbocycles. The predicted molar refractivity (Wildman–Crippen MR) is 67.8 cm³/mol. The van der Waals surface area contributed by atoms with Crippen molar-refractivity contribution in [3.63, 3.8) is 0 Å². The molecule has 100 valence electrons. The summed E-state index contributed by atoms with van der Waals surface area (Å²) in [4.78, 5) is 11.9. The smallest absolute Gasteiger partial charge is 0.169 e. The van der Waals surface area contributed by atoms with Crippen LogP contribution in [0.4, 0.5) is 0 Å². The summed E-state index contributed by atoms with van der Waals surface area (Å²) in [5, 5.41) is 20.2. The largest absolute Gasteiger partial charge is 0.392 e. The molecule has 3 rings (SSSR count). The first-order valence-corrected chi connectivity index (χ1v) is 6.82. The molecule has 2 fully saturated rings. The second-order valence-corrected chi connectivity index (χ2v) is 7.42. The summed E-state index contributed by atoms with van der Waals surface area (Å²) < 4.78 is 0. The van der Waals surface area contributed by atoms with Crippen molar-refractivity contribution in [1.29, 1.82) is 0 Å². The fourth-order valence-corrected chi connectivity index (χ4v) is 4.78. The molecule has 0 radical (unpaired) electrons. The van der Waals surface area contributed by atoms with E-state index in [4.69, 9.17) is 0 Å². The zero-order valence-corrected chi connectivity index (χ0v) is 11.4. The van der Waals surface area contributed by atoms with Gasteiger partial charge >= 0.3 is 0 Å². The van der Waals surface area contributed by atoms with Gasteiger partial charge in [0.15, 0.2) is 11.4 Å². The monoisotopic (exact) mass is 250 g/mol. The Labute approximate surface area is 108 Å². The zero-order chi connectivity index (χ0) is 13.3. The minimum Gasteiger partial charge on any atom is -0.392 e. The molecule has 0 saturated heterocycles. The minimum atomic E-state index is -1.39. The lowest BCUT2D eigenvalue weighted by Crippen LogP contribution is -2.70. The van der Waals surface area contributed by atoms with Crippen molar-refractivity contribution in [2.24, 2.45) is 22.7 Å². The van der Waals surface area contributed by atoms with Gasteiger partial charge in [0.1, 0.15) is 0 Å². The number of allylic oxidation sites excluding steroid dienone is 1. The number of hydrogen-bond donors (Lipinski definition) is 2. The summed E-state index contributed by atoms with van der Waals surface area (Å²) in [5.41, 5.74) is -0.946. The number of ketones is 1. The van der Waals surface area contributed by atoms with Gasteiger partial charge in [-0.3, -0.25) is 4.79 Å². The van der Waals surface area contributed by atoms with Crippen molar-refractivity contribution in [1.82, 2.24) is 0 Å². The van der Waals surface area contributed by atoms with Gasteiger partial charge in [0, 0.05) is 11.8 Å². The fraction of sp³-hybridized carbons (Fsp3) is 0.800. The number of rotatable bonds is 1. The molecule has 2 N–H and O–H groups in total. The lowest BCUT2D eigenvalue weighted by atomic mass is 9.45. The van der Waals surface area contributed by atoms with Crippen LogP contribution in [0, 0.1) is 22.7 Å². The Morgan fingerprint density at radius 1 is 1.33 bits per heavy atom. The number of carbonyl (C=O) groups is 1. The lowest BCUT2D eigenvalue weighted by molar-refractivity contribution is -0.189. The average molecular weight is 250 g/mol. The van der Waals surface area contributed by atoms with E-state index >= 15 is 0 Å². The topological polar surface area (TPSA) is 57.5 Å². The minimum absolute atomic E-state index is 0.117. The van der Waals surface area contributed by atoms with Gasteiger partial charge in [-0.15, -0.1) is 0 Å². The van der Waals surface area contributed by atoms with Gasteiger partial charge in [-0.2, -0.15) is 0 Å². The number of hydrogen-bond acceptors (Lipinski definition) is 3. The Kier molecular flexibility index (Phi) is 2.24. The third-order valence-corrected chi connectivity index (χ3v) is 5.70. The standard InChI is InChI=1S/C15H22O3/c1-13(2)5-9-4-10(8-16)15(18)12(17)7-14(15,3)11(9)6-13/h4,9,11,16,18H,5-8H2,1-3H3. The van der Waals surface area contributed by atoms with Crippen molar-refractivity contribution in [3.05, 3.63) is 11.6 Å². The van der Waals surface area contributed by atoms with Crippen LogP contribution in [-0.2, 0) is 4.79 Å². The van der Waals surface area contributed by atoms with Crippen molar-refractivity contribution in [2.75, 3.05) is 6.61 Å². The van der Waals surface area contributed by atoms with E-state index in [0.717, 1.165) is 12.8 Å². The summed E-state index contributed by atoms with van der Waals surface area (Å²) in [7, 11) is 0. The normalized spacial score (nSPS) is 49.2. The van der Waals surface area contributed by atoms with E-state index in [2.05, 4.69) is 13.8 Å². The first kappa shape index (κ1) is 12.4. The van der Waals surface area contributed by atoms with E-state index in [1.165, 1.54) is 0 Å². The van der Waals surface area contributed by atoms with Gasteiger partial charge in [-0.05, 0) is 35.7 Å². The Morgan fingerprint density at radius 2 is 2.00 bits per heavy atom. The van der Waals surface area contributed by atoms with Crippen LogP contribution in [0.1, 0.15) is 40.0 Å². The molecule has 0 aromatic rings. The van der Waals surface area contributed by atoms with Crippen LogP contribution in [0.5, 0.6) is 0 Å². The van der Waals surface area contributed by atoms with Crippen LogP contribution in [-0.4, -0.2) is 28.2 Å². The highest BCUT2D eigenvalue weighted by Gasteiger charge is 2.70. The molecule has 4 atom stereocenters. The number of Topliss-reactive ketones (excluding diaryl/α,β-unsaturated/α-hetero) is 1. The van der Waals surface area contributed by atoms with Crippen molar-refractivity contribution >= 4 is 5.78 Å². The van der Waals surface area contributed by atoms with Gasteiger partial charge in [0.05, 0.1) is 6.61 Å². The highest BCUT2D eigenvalue weighted by atomic mass is 16.3. The fourth-order valence-electron chi connectivity index (χ4n) is 4.78. The van der Waals surface area contributed by atoms with Gasteiger partial charge in [-0.1, -0.05) is 26.8 Å². The maximum Gasteiger partial charge on any atom is 0.169 e. The molecule has 0 heterocycles. The summed E-state index contributed by atoms with van der Waals surface area (Å²) in [6, 6.07) is 0. The van der Waals surface area contributed by atoms with Crippen LogP contribution in [0.3, 0.4) is 0 Å². The Hall–Kier alpha value is -0.670. The Balaban J connectivity index is 2.09. The molecule has 0 bridgehead atoms. The van der Waals surface area contributed by atoms with E-state index in [1.54, 1.807) is 0 Å². The van der Waals surface area contributed by atoms with E-state index in [-0.39, 0.29) is 23.2 Å². The molecule has 4 unspecified atom stereocenters. The second-order valence-electron chi connectivity index (χ2n) is 7.42. The van der Waals surface area contributed by atoms with Crippen molar-refractivity contribution in [2.45, 2.75) is 45.6 Å². The molecule has 0 amide bonds. The SMILES string of the molecule is CC1(C)CC2C=C(CO)C3(O)C(=O)CC3(C)C2C1. The third-order valence-electron chi connectivity index (χ3n) is 5.70. The number of fused-ring (bicyclic) bond motifs is 3. The molecule has 3 heteroatoms. The Morgan fingerprint density at radius 3 is 2.56 bits per heavy atom. The van der Waals surface area contributed by atoms with Gasteiger partial charge in [0.25, 0.3) is 0 Å². The maximum atomic E-state index is 11.9. The summed E-state index contributed by atoms with van der Waals surface area (Å²) in [6.45, 7) is 6.32. The number of aliphatic hydroxyl groups is 2. The van der Waals surface area contributed by atoms with Crippen molar-refractivity contribution in [3.8, 4) is 0 Å². The highest BCUT2D eigenvalue weighted by molar-refractivity contribution is 5.99. The van der Waals surface area contributed by atoms with Crippen LogP contribution >= 0.6 is 0 Å². The quantitative estimate of drug-likeness (QED) is 0.696. The molecule has 0 spiro atoms. The lowest BCUT2D eigenvalue weighted by Gasteiger charge is -2.60. The number of carbonyl (C=O) groups excluding carboxylic acids is 1. The second kappa shape index (κ2) is 3.26. The van der Waals surface area contributed by atoms with Gasteiger partial charge < -0.3 is 10.2 Å². The third kappa shape index (κ3) is 1.19.